The molecular formula is C11H19NO4. The predicted octanol–water partition coefficient (Wildman–Crippen LogP) is -0.385. The molecule has 3 aliphatic rings. The van der Waals surface area contributed by atoms with Crippen LogP contribution < -0.4 is 5.73 Å². The third-order valence-electron chi connectivity index (χ3n) is 4.00. The van der Waals surface area contributed by atoms with Crippen molar-refractivity contribution in [2.24, 2.45) is 11.7 Å². The second-order valence-corrected chi connectivity index (χ2v) is 5.76. The largest absolute Gasteiger partial charge is 0.393 e. The van der Waals surface area contributed by atoms with Gasteiger partial charge in [0.15, 0.2) is 6.29 Å². The molecule has 0 amide bonds. The highest BCUT2D eigenvalue weighted by atomic mass is 16.7. The van der Waals surface area contributed by atoms with Crippen molar-refractivity contribution in [2.45, 2.75) is 49.9 Å². The van der Waals surface area contributed by atoms with Crippen LogP contribution in [0, 0.1) is 5.92 Å². The van der Waals surface area contributed by atoms with Crippen molar-refractivity contribution in [2.75, 3.05) is 13.2 Å². The molecule has 5 nitrogen and oxygen atoms in total. The second-order valence-electron chi connectivity index (χ2n) is 5.76. The van der Waals surface area contributed by atoms with Crippen molar-refractivity contribution >= 4 is 0 Å². The summed E-state index contributed by atoms with van der Waals surface area (Å²) in [6.45, 7) is 4.40. The van der Waals surface area contributed by atoms with Crippen LogP contribution in [0.25, 0.3) is 0 Å². The van der Waals surface area contributed by atoms with E-state index in [-0.39, 0.29) is 36.6 Å². The van der Waals surface area contributed by atoms with Gasteiger partial charge in [0.2, 0.25) is 0 Å². The third-order valence-corrected chi connectivity index (χ3v) is 4.00. The van der Waals surface area contributed by atoms with E-state index in [0.29, 0.717) is 6.61 Å². The summed E-state index contributed by atoms with van der Waals surface area (Å²) in [7, 11) is 0. The van der Waals surface area contributed by atoms with Gasteiger partial charge in [-0.2, -0.15) is 0 Å². The molecule has 0 saturated carbocycles. The Bertz CT molecular complexity index is 308. The van der Waals surface area contributed by atoms with Crippen LogP contribution >= 0.6 is 0 Å². The molecule has 3 aliphatic heterocycles. The first kappa shape index (κ1) is 10.9. The van der Waals surface area contributed by atoms with E-state index >= 15 is 0 Å². The van der Waals surface area contributed by atoms with E-state index in [4.69, 9.17) is 19.9 Å². The zero-order chi connectivity index (χ0) is 11.6. The van der Waals surface area contributed by atoms with Crippen molar-refractivity contribution in [1.82, 2.24) is 0 Å². The highest BCUT2D eigenvalue weighted by Gasteiger charge is 2.63. The number of aliphatic hydroxyl groups excluding tert-OH is 1. The average Bonchev–Trinajstić information content (AvgIpc) is 2.76. The fourth-order valence-corrected chi connectivity index (χ4v) is 3.23. The highest BCUT2D eigenvalue weighted by molar-refractivity contribution is 5.10. The number of fused-ring (bicyclic) bond motifs is 4. The molecule has 5 atom stereocenters. The van der Waals surface area contributed by atoms with Gasteiger partial charge in [-0.1, -0.05) is 0 Å². The smallest absolute Gasteiger partial charge is 0.174 e. The summed E-state index contributed by atoms with van der Waals surface area (Å²) < 4.78 is 17.2. The summed E-state index contributed by atoms with van der Waals surface area (Å²) in [5, 5.41) is 9.55. The van der Waals surface area contributed by atoms with Gasteiger partial charge in [0.1, 0.15) is 5.60 Å². The summed E-state index contributed by atoms with van der Waals surface area (Å²) in [5.41, 5.74) is 5.24. The molecule has 0 radical (unpaired) electrons. The van der Waals surface area contributed by atoms with Crippen LogP contribution in [0.15, 0.2) is 0 Å². The Balaban J connectivity index is 1.95. The Morgan fingerprint density at radius 3 is 2.81 bits per heavy atom. The van der Waals surface area contributed by atoms with Crippen LogP contribution in [0.2, 0.25) is 0 Å². The second kappa shape index (κ2) is 3.17. The van der Waals surface area contributed by atoms with E-state index in [1.165, 1.54) is 0 Å². The molecule has 0 aromatic heterocycles. The summed E-state index contributed by atoms with van der Waals surface area (Å²) in [6.07, 6.45) is 0.358. The molecule has 0 spiro atoms. The fraction of sp³-hybridized carbons (Fsp3) is 1.00. The van der Waals surface area contributed by atoms with Gasteiger partial charge >= 0.3 is 0 Å². The molecule has 5 heteroatoms. The molecule has 3 heterocycles. The Morgan fingerprint density at radius 1 is 1.38 bits per heavy atom. The van der Waals surface area contributed by atoms with Gasteiger partial charge < -0.3 is 25.1 Å². The van der Waals surface area contributed by atoms with Crippen molar-refractivity contribution < 1.29 is 19.3 Å². The van der Waals surface area contributed by atoms with Crippen LogP contribution in [-0.2, 0) is 14.2 Å². The minimum Gasteiger partial charge on any atom is -0.393 e. The van der Waals surface area contributed by atoms with Crippen LogP contribution in [0.4, 0.5) is 0 Å². The lowest BCUT2D eigenvalue weighted by atomic mass is 9.80. The number of nitrogens with two attached hydrogens (primary N) is 1. The number of ether oxygens (including phenoxy) is 3. The summed E-state index contributed by atoms with van der Waals surface area (Å²) in [6, 6.07) is -0.158. The molecule has 2 bridgehead atoms. The SMILES string of the molecule is CC1(C)C[C@@H]2[C@@H](N)[C@@H]3OC[C@](CO)(O3)[C@@H]2O1. The van der Waals surface area contributed by atoms with E-state index in [1.807, 2.05) is 0 Å². The summed E-state index contributed by atoms with van der Waals surface area (Å²) in [4.78, 5) is 0. The maximum absolute atomic E-state index is 9.55. The molecule has 3 fully saturated rings. The standard InChI is InChI=1S/C11H19NO4/c1-10(2)3-6-7(12)9-14-5-11(4-13,16-9)8(6)15-10/h6-9,13H,3-5,12H2,1-2H3/t6-,7-,8-,9-,11+/m1/s1. The molecule has 3 saturated heterocycles. The number of hydrogen-bond acceptors (Lipinski definition) is 5. The number of rotatable bonds is 1. The third kappa shape index (κ3) is 1.29. The van der Waals surface area contributed by atoms with Crippen LogP contribution in [0.5, 0.6) is 0 Å². The average molecular weight is 229 g/mol. The summed E-state index contributed by atoms with van der Waals surface area (Å²) in [5.74, 6) is 0.211. The van der Waals surface area contributed by atoms with Crippen LogP contribution in [-0.4, -0.2) is 48.0 Å². The van der Waals surface area contributed by atoms with E-state index in [9.17, 15) is 5.11 Å². The molecule has 16 heavy (non-hydrogen) atoms. The lowest BCUT2D eigenvalue weighted by Crippen LogP contribution is -2.60. The quantitative estimate of drug-likeness (QED) is 0.641. The summed E-state index contributed by atoms with van der Waals surface area (Å²) >= 11 is 0. The Kier molecular flexibility index (Phi) is 2.17. The first-order chi connectivity index (χ1) is 7.47. The highest BCUT2D eigenvalue weighted by Crippen LogP contribution is 2.49. The van der Waals surface area contributed by atoms with E-state index < -0.39 is 5.60 Å². The van der Waals surface area contributed by atoms with E-state index in [0.717, 1.165) is 6.42 Å². The first-order valence-corrected chi connectivity index (χ1v) is 5.81. The number of hydrogen-bond donors (Lipinski definition) is 2. The maximum Gasteiger partial charge on any atom is 0.174 e. The maximum atomic E-state index is 9.55. The van der Waals surface area contributed by atoms with Gasteiger partial charge in [-0.25, -0.2) is 0 Å². The zero-order valence-corrected chi connectivity index (χ0v) is 9.68. The molecule has 3 N–H and O–H groups in total. The lowest BCUT2D eigenvalue weighted by molar-refractivity contribution is -0.214. The first-order valence-electron chi connectivity index (χ1n) is 5.81. The van der Waals surface area contributed by atoms with Crippen molar-refractivity contribution in [1.29, 1.82) is 0 Å². The van der Waals surface area contributed by atoms with Crippen molar-refractivity contribution in [3.63, 3.8) is 0 Å². The van der Waals surface area contributed by atoms with E-state index in [2.05, 4.69) is 13.8 Å². The Hall–Kier alpha value is -0.200. The molecule has 0 aliphatic carbocycles. The Labute approximate surface area is 94.8 Å². The van der Waals surface area contributed by atoms with Gasteiger partial charge in [-0.15, -0.1) is 0 Å². The fourth-order valence-electron chi connectivity index (χ4n) is 3.23. The van der Waals surface area contributed by atoms with Gasteiger partial charge in [0, 0.05) is 5.92 Å². The molecule has 0 aromatic carbocycles. The van der Waals surface area contributed by atoms with Gasteiger partial charge in [0.25, 0.3) is 0 Å². The van der Waals surface area contributed by atoms with Crippen molar-refractivity contribution in [3.8, 4) is 0 Å². The van der Waals surface area contributed by atoms with Crippen LogP contribution in [0.1, 0.15) is 20.3 Å². The number of aliphatic hydroxyl groups is 1. The van der Waals surface area contributed by atoms with Gasteiger partial charge in [-0.3, -0.25) is 0 Å². The predicted molar refractivity (Wildman–Crippen MR) is 55.7 cm³/mol. The molecule has 0 aromatic rings. The van der Waals surface area contributed by atoms with E-state index in [1.54, 1.807) is 0 Å². The Morgan fingerprint density at radius 2 is 2.12 bits per heavy atom. The van der Waals surface area contributed by atoms with Gasteiger partial charge in [0.05, 0.1) is 31.0 Å². The molecular weight excluding hydrogens is 210 g/mol. The minimum atomic E-state index is -0.695. The molecule has 0 unspecified atom stereocenters. The van der Waals surface area contributed by atoms with Crippen molar-refractivity contribution in [3.05, 3.63) is 0 Å². The lowest BCUT2D eigenvalue weighted by Gasteiger charge is -2.41. The molecule has 3 rings (SSSR count). The topological polar surface area (TPSA) is 73.9 Å². The monoisotopic (exact) mass is 229 g/mol. The molecule has 92 valence electrons. The van der Waals surface area contributed by atoms with Crippen LogP contribution in [0.3, 0.4) is 0 Å². The zero-order valence-electron chi connectivity index (χ0n) is 9.68. The minimum absolute atomic E-state index is 0.0759. The normalized spacial score (nSPS) is 54.0. The van der Waals surface area contributed by atoms with Gasteiger partial charge in [-0.05, 0) is 20.3 Å².